The van der Waals surface area contributed by atoms with Crippen LogP contribution in [0.2, 0.25) is 0 Å². The molecule has 1 amide bonds. The Morgan fingerprint density at radius 2 is 1.62 bits per heavy atom. The second kappa shape index (κ2) is 11.4. The first-order valence-corrected chi connectivity index (χ1v) is 17.6. The van der Waals surface area contributed by atoms with E-state index in [1.165, 1.54) is 6.42 Å². The second-order valence-corrected chi connectivity index (χ2v) is 16.4. The van der Waals surface area contributed by atoms with Crippen LogP contribution in [0.5, 0.6) is 0 Å². The molecule has 5 aliphatic carbocycles. The molecule has 0 heterocycles. The van der Waals surface area contributed by atoms with Gasteiger partial charge in [0.2, 0.25) is 10.0 Å². The average molecular weight is 568 g/mol. The van der Waals surface area contributed by atoms with Crippen LogP contribution >= 0.6 is 0 Å². The number of hydrogen-bond donors (Lipinski definition) is 3. The predicted molar refractivity (Wildman–Crippen MR) is 151 cm³/mol. The van der Waals surface area contributed by atoms with Crippen molar-refractivity contribution in [2.45, 2.75) is 135 Å². The lowest BCUT2D eigenvalue weighted by Crippen LogP contribution is -2.62. The Bertz CT molecular complexity index is 982. The van der Waals surface area contributed by atoms with E-state index in [2.05, 4.69) is 25.5 Å². The van der Waals surface area contributed by atoms with Gasteiger partial charge in [0.25, 0.3) is 0 Å². The number of carbonyl (C=O) groups is 1. The zero-order chi connectivity index (χ0) is 28.0. The average Bonchev–Trinajstić information content (AvgIpc) is 3.24. The fraction of sp³-hybridized carbons (Fsp3) is 0.968. The van der Waals surface area contributed by atoms with Crippen LogP contribution in [0.25, 0.3) is 0 Å². The molecule has 5 aliphatic rings. The third-order valence-corrected chi connectivity index (χ3v) is 14.5. The molecule has 0 aliphatic heterocycles. The predicted octanol–water partition coefficient (Wildman–Crippen LogP) is 5.78. The second-order valence-electron chi connectivity index (χ2n) is 14.4. The molecule has 0 aromatic heterocycles. The largest absolute Gasteiger partial charge is 0.449 e. The monoisotopic (exact) mass is 567 g/mol. The van der Waals surface area contributed by atoms with Crippen LogP contribution in [0, 0.1) is 46.3 Å². The van der Waals surface area contributed by atoms with E-state index in [1.807, 2.05) is 0 Å². The molecule has 8 heteroatoms. The van der Waals surface area contributed by atoms with Crippen molar-refractivity contribution in [1.29, 1.82) is 0 Å². The Morgan fingerprint density at radius 1 is 0.923 bits per heavy atom. The molecule has 0 unspecified atom stereocenters. The fourth-order valence-corrected chi connectivity index (χ4v) is 12.1. The van der Waals surface area contributed by atoms with Gasteiger partial charge < -0.3 is 14.9 Å². The van der Waals surface area contributed by atoms with Gasteiger partial charge in [-0.25, -0.2) is 17.9 Å². The maximum absolute atomic E-state index is 12.5. The number of fused-ring (bicyclic) bond motifs is 5. The molecule has 7 nitrogen and oxygen atoms in total. The summed E-state index contributed by atoms with van der Waals surface area (Å²) >= 11 is 0. The van der Waals surface area contributed by atoms with Crippen molar-refractivity contribution in [1.82, 2.24) is 4.72 Å². The zero-order valence-electron chi connectivity index (χ0n) is 24.4. The first kappa shape index (κ1) is 29.6. The maximum Gasteiger partial charge on any atom is 0.420 e. The summed E-state index contributed by atoms with van der Waals surface area (Å²) in [5.41, 5.74) is 0.396. The Hall–Kier alpha value is -0.860. The van der Waals surface area contributed by atoms with Crippen molar-refractivity contribution in [2.24, 2.45) is 46.3 Å². The van der Waals surface area contributed by atoms with Gasteiger partial charge in [0.05, 0.1) is 24.1 Å². The van der Waals surface area contributed by atoms with Gasteiger partial charge in [0.15, 0.2) is 0 Å². The van der Waals surface area contributed by atoms with Crippen LogP contribution in [0.15, 0.2) is 0 Å². The lowest BCUT2D eigenvalue weighted by atomic mass is 9.41. The molecular weight excluding hydrogens is 514 g/mol. The SMILES string of the molecule is CC[C@H]1[C@@H](O)[C@@H]2[C@H](CC[C@]3(C)[C@@H](CCCOC(=O)NS(=O)(=O)C4CCCCC4)CC[C@@H]23)[C@@]2(C)CC[C@@H](O)C[C@@H]12. The lowest BCUT2D eigenvalue weighted by Gasteiger charge is -2.64. The fourth-order valence-electron chi connectivity index (χ4n) is 10.6. The highest BCUT2D eigenvalue weighted by Gasteiger charge is 2.64. The highest BCUT2D eigenvalue weighted by molar-refractivity contribution is 7.90. The summed E-state index contributed by atoms with van der Waals surface area (Å²) in [7, 11) is -3.66. The van der Waals surface area contributed by atoms with Crippen LogP contribution in [0.4, 0.5) is 4.79 Å². The standard InChI is InChI=1S/C31H53NO6S/c1-4-23-26-19-21(33)14-16-31(26,3)25-15-17-30(2)20(12-13-24(30)27(25)28(23)34)9-8-18-38-29(35)32-39(36,37)22-10-6-5-7-11-22/h20-28,33-34H,4-19H2,1-3H3,(H,32,35)/t20-,21+,23+,24-,25-,26-,27-,28+,30+,31+/m0/s1. The number of sulfonamides is 1. The lowest BCUT2D eigenvalue weighted by molar-refractivity contribution is -0.202. The van der Waals surface area contributed by atoms with E-state index in [-0.39, 0.29) is 35.6 Å². The number of nitrogens with one attached hydrogen (secondary N) is 1. The van der Waals surface area contributed by atoms with Crippen LogP contribution in [0.1, 0.15) is 117 Å². The smallest absolute Gasteiger partial charge is 0.420 e. The summed E-state index contributed by atoms with van der Waals surface area (Å²) in [4.78, 5) is 12.3. The summed E-state index contributed by atoms with van der Waals surface area (Å²) in [6.45, 7) is 7.37. The van der Waals surface area contributed by atoms with Gasteiger partial charge in [-0.3, -0.25) is 0 Å². The van der Waals surface area contributed by atoms with Crippen molar-refractivity contribution in [3.8, 4) is 0 Å². The molecule has 0 bridgehead atoms. The molecule has 0 aromatic rings. The maximum atomic E-state index is 12.5. The van der Waals surface area contributed by atoms with E-state index in [1.54, 1.807) is 0 Å². The summed E-state index contributed by atoms with van der Waals surface area (Å²) in [6, 6.07) is 0. The Morgan fingerprint density at radius 3 is 2.33 bits per heavy atom. The van der Waals surface area contributed by atoms with Gasteiger partial charge in [-0.2, -0.15) is 0 Å². The molecule has 5 rings (SSSR count). The van der Waals surface area contributed by atoms with E-state index in [0.717, 1.165) is 77.0 Å². The summed E-state index contributed by atoms with van der Waals surface area (Å²) < 4.78 is 32.5. The summed E-state index contributed by atoms with van der Waals surface area (Å²) in [5.74, 6) is 2.59. The quantitative estimate of drug-likeness (QED) is 0.336. The van der Waals surface area contributed by atoms with Crippen molar-refractivity contribution >= 4 is 16.1 Å². The van der Waals surface area contributed by atoms with Crippen LogP contribution in [-0.2, 0) is 14.8 Å². The first-order valence-electron chi connectivity index (χ1n) is 16.1. The van der Waals surface area contributed by atoms with Crippen LogP contribution in [0.3, 0.4) is 0 Å². The number of ether oxygens (including phenoxy) is 1. The third-order valence-electron chi connectivity index (χ3n) is 12.7. The molecule has 5 saturated carbocycles. The number of aliphatic hydroxyl groups excluding tert-OH is 2. The van der Waals surface area contributed by atoms with Crippen molar-refractivity contribution < 1.29 is 28.2 Å². The molecule has 0 aromatic carbocycles. The molecule has 0 radical (unpaired) electrons. The number of aliphatic hydroxyl groups is 2. The molecule has 0 saturated heterocycles. The third kappa shape index (κ3) is 5.40. The van der Waals surface area contributed by atoms with Crippen molar-refractivity contribution in [3.05, 3.63) is 0 Å². The highest BCUT2D eigenvalue weighted by atomic mass is 32.2. The minimum atomic E-state index is -3.66. The number of hydrogen-bond acceptors (Lipinski definition) is 6. The van der Waals surface area contributed by atoms with Gasteiger partial charge in [0, 0.05) is 0 Å². The zero-order valence-corrected chi connectivity index (χ0v) is 25.3. The topological polar surface area (TPSA) is 113 Å². The molecule has 39 heavy (non-hydrogen) atoms. The normalized spacial score (nSPS) is 44.6. The molecule has 5 fully saturated rings. The van der Waals surface area contributed by atoms with E-state index < -0.39 is 21.4 Å². The van der Waals surface area contributed by atoms with E-state index >= 15 is 0 Å². The van der Waals surface area contributed by atoms with Gasteiger partial charge in [-0.15, -0.1) is 0 Å². The summed E-state index contributed by atoms with van der Waals surface area (Å²) in [5, 5.41) is 21.8. The molecular formula is C31H53NO6S. The van der Waals surface area contributed by atoms with E-state index in [4.69, 9.17) is 4.74 Å². The van der Waals surface area contributed by atoms with Crippen molar-refractivity contribution in [2.75, 3.05) is 6.61 Å². The van der Waals surface area contributed by atoms with Gasteiger partial charge >= 0.3 is 6.09 Å². The molecule has 0 spiro atoms. The first-order chi connectivity index (χ1) is 18.5. The molecule has 224 valence electrons. The Balaban J connectivity index is 1.17. The number of carbonyl (C=O) groups excluding carboxylic acids is 1. The van der Waals surface area contributed by atoms with E-state index in [9.17, 15) is 23.4 Å². The highest BCUT2D eigenvalue weighted by Crippen LogP contribution is 2.69. The Labute approximate surface area is 236 Å². The molecule has 10 atom stereocenters. The van der Waals surface area contributed by atoms with Crippen LogP contribution in [-0.4, -0.2) is 48.8 Å². The van der Waals surface area contributed by atoms with Gasteiger partial charge in [0.1, 0.15) is 0 Å². The Kier molecular flexibility index (Phi) is 8.68. The molecule has 3 N–H and O–H groups in total. The minimum absolute atomic E-state index is 0.185. The minimum Gasteiger partial charge on any atom is -0.449 e. The van der Waals surface area contributed by atoms with E-state index in [0.29, 0.717) is 42.4 Å². The van der Waals surface area contributed by atoms with Gasteiger partial charge in [-0.05, 0) is 117 Å². The summed E-state index contributed by atoms with van der Waals surface area (Å²) in [6.07, 6.45) is 12.8. The number of rotatable bonds is 7. The van der Waals surface area contributed by atoms with Crippen molar-refractivity contribution in [3.63, 3.8) is 0 Å². The van der Waals surface area contributed by atoms with Crippen LogP contribution < -0.4 is 4.72 Å². The van der Waals surface area contributed by atoms with Gasteiger partial charge in [-0.1, -0.05) is 46.5 Å². The number of amides is 1.